The molecule has 24 heavy (non-hydrogen) atoms. The van der Waals surface area contributed by atoms with Crippen LogP contribution in [0.2, 0.25) is 0 Å². The molecule has 1 aromatic rings. The quantitative estimate of drug-likeness (QED) is 0.496. The number of nitrogens with zero attached hydrogens (tertiary/aromatic N) is 1. The van der Waals surface area contributed by atoms with Gasteiger partial charge in [-0.2, -0.15) is 5.10 Å². The Hall–Kier alpha value is -2.43. The van der Waals surface area contributed by atoms with Crippen molar-refractivity contribution in [3.05, 3.63) is 42.0 Å². The zero-order valence-corrected chi connectivity index (χ0v) is 14.0. The van der Waals surface area contributed by atoms with Crippen molar-refractivity contribution >= 4 is 23.7 Å². The van der Waals surface area contributed by atoms with Crippen LogP contribution in [0.5, 0.6) is 0 Å². The number of carbonyl (C=O) groups is 2. The number of nitrogens with one attached hydrogen (secondary N) is 2. The number of benzene rings is 1. The summed E-state index contributed by atoms with van der Waals surface area (Å²) in [5, 5.41) is 6.91. The third-order valence-corrected chi connectivity index (χ3v) is 4.70. The van der Waals surface area contributed by atoms with Crippen LogP contribution in [-0.4, -0.2) is 18.0 Å². The standard InChI is InChI=1S/C19H23N3O2/c1-12(2)18(23)21-17-7-5-14(6-8-17)19(24)22-20-11-16-10-13-3-4-15(16)9-13/h3-8,11-13,15-16H,9-10H2,1-2H3,(H,21,23)(H,22,24). The van der Waals surface area contributed by atoms with Gasteiger partial charge in [-0.3, -0.25) is 9.59 Å². The van der Waals surface area contributed by atoms with Crippen LogP contribution in [0.1, 0.15) is 37.0 Å². The number of fused-ring (bicyclic) bond motifs is 2. The van der Waals surface area contributed by atoms with Gasteiger partial charge in [-0.25, -0.2) is 5.43 Å². The molecule has 126 valence electrons. The Kier molecular flexibility index (Phi) is 4.79. The Balaban J connectivity index is 1.51. The maximum Gasteiger partial charge on any atom is 0.271 e. The Morgan fingerprint density at radius 1 is 1.17 bits per heavy atom. The summed E-state index contributed by atoms with van der Waals surface area (Å²) in [4.78, 5) is 23.7. The Labute approximate surface area is 142 Å². The van der Waals surface area contributed by atoms with Crippen molar-refractivity contribution in [2.45, 2.75) is 26.7 Å². The van der Waals surface area contributed by atoms with Crippen LogP contribution in [0.15, 0.2) is 41.5 Å². The van der Waals surface area contributed by atoms with Crippen molar-refractivity contribution in [3.63, 3.8) is 0 Å². The number of rotatable bonds is 5. The van der Waals surface area contributed by atoms with E-state index in [0.29, 0.717) is 29.0 Å². The fourth-order valence-corrected chi connectivity index (χ4v) is 3.24. The van der Waals surface area contributed by atoms with E-state index in [1.165, 1.54) is 6.42 Å². The predicted molar refractivity (Wildman–Crippen MR) is 94.7 cm³/mol. The molecule has 2 N–H and O–H groups in total. The van der Waals surface area contributed by atoms with Gasteiger partial charge in [-0.1, -0.05) is 26.0 Å². The SMILES string of the molecule is CC(C)C(=O)Nc1ccc(C(=O)NN=CC2CC3C=CC2C3)cc1. The highest BCUT2D eigenvalue weighted by atomic mass is 16.2. The van der Waals surface area contributed by atoms with Crippen LogP contribution in [0.25, 0.3) is 0 Å². The van der Waals surface area contributed by atoms with Crippen LogP contribution in [-0.2, 0) is 4.79 Å². The molecule has 3 unspecified atom stereocenters. The third kappa shape index (κ3) is 3.72. The topological polar surface area (TPSA) is 70.6 Å². The molecule has 2 amide bonds. The van der Waals surface area contributed by atoms with Gasteiger partial charge in [0, 0.05) is 29.3 Å². The number of anilines is 1. The van der Waals surface area contributed by atoms with Crippen LogP contribution in [0, 0.1) is 23.7 Å². The van der Waals surface area contributed by atoms with E-state index in [4.69, 9.17) is 0 Å². The molecule has 0 spiro atoms. The van der Waals surface area contributed by atoms with Crippen LogP contribution in [0.4, 0.5) is 5.69 Å². The third-order valence-electron chi connectivity index (χ3n) is 4.70. The molecule has 2 bridgehead atoms. The number of amides is 2. The van der Waals surface area contributed by atoms with Gasteiger partial charge in [0.15, 0.2) is 0 Å². The first kappa shape index (κ1) is 16.4. The summed E-state index contributed by atoms with van der Waals surface area (Å²) in [5.74, 6) is 1.34. The van der Waals surface area contributed by atoms with E-state index < -0.39 is 0 Å². The molecule has 0 aliphatic heterocycles. The molecular formula is C19H23N3O2. The summed E-state index contributed by atoms with van der Waals surface area (Å²) in [5.41, 5.74) is 3.78. The monoisotopic (exact) mass is 325 g/mol. The van der Waals surface area contributed by atoms with Crippen molar-refractivity contribution in [1.29, 1.82) is 0 Å². The Bertz CT molecular complexity index is 676. The number of hydrazone groups is 1. The molecule has 3 rings (SSSR count). The molecule has 5 heteroatoms. The predicted octanol–water partition coefficient (Wildman–Crippen LogP) is 3.21. The minimum Gasteiger partial charge on any atom is -0.326 e. The highest BCUT2D eigenvalue weighted by Crippen LogP contribution is 2.42. The normalized spacial score (nSPS) is 24.7. The van der Waals surface area contributed by atoms with Crippen molar-refractivity contribution in [1.82, 2.24) is 5.43 Å². The van der Waals surface area contributed by atoms with Crippen LogP contribution < -0.4 is 10.7 Å². The second-order valence-corrected chi connectivity index (χ2v) is 6.88. The zero-order valence-electron chi connectivity index (χ0n) is 14.0. The molecule has 2 aliphatic carbocycles. The van der Waals surface area contributed by atoms with Gasteiger partial charge in [0.1, 0.15) is 0 Å². The van der Waals surface area contributed by atoms with E-state index in [1.54, 1.807) is 24.3 Å². The fourth-order valence-electron chi connectivity index (χ4n) is 3.24. The lowest BCUT2D eigenvalue weighted by Gasteiger charge is -2.12. The zero-order chi connectivity index (χ0) is 17.1. The fraction of sp³-hybridized carbons (Fsp3) is 0.421. The van der Waals surface area contributed by atoms with Gasteiger partial charge < -0.3 is 5.32 Å². The summed E-state index contributed by atoms with van der Waals surface area (Å²) in [6.45, 7) is 3.67. The number of hydrogen-bond donors (Lipinski definition) is 2. The van der Waals surface area contributed by atoms with Crippen molar-refractivity contribution in [3.8, 4) is 0 Å². The lowest BCUT2D eigenvalue weighted by Crippen LogP contribution is -2.20. The molecule has 0 heterocycles. The van der Waals surface area contributed by atoms with Gasteiger partial charge in [0.2, 0.25) is 5.91 Å². The first-order valence-corrected chi connectivity index (χ1v) is 8.45. The molecule has 3 atom stereocenters. The van der Waals surface area contributed by atoms with E-state index in [0.717, 1.165) is 6.42 Å². The maximum absolute atomic E-state index is 12.1. The minimum atomic E-state index is -0.244. The largest absolute Gasteiger partial charge is 0.326 e. The maximum atomic E-state index is 12.1. The number of carbonyl (C=O) groups excluding carboxylic acids is 2. The molecule has 0 saturated heterocycles. The molecule has 2 aliphatic rings. The van der Waals surface area contributed by atoms with Crippen molar-refractivity contribution < 1.29 is 9.59 Å². The van der Waals surface area contributed by atoms with Crippen LogP contribution >= 0.6 is 0 Å². The van der Waals surface area contributed by atoms with Crippen molar-refractivity contribution in [2.75, 3.05) is 5.32 Å². The van der Waals surface area contributed by atoms with Crippen molar-refractivity contribution in [2.24, 2.45) is 28.8 Å². The van der Waals surface area contributed by atoms with Gasteiger partial charge in [0.25, 0.3) is 5.91 Å². The summed E-state index contributed by atoms with van der Waals surface area (Å²) in [6, 6.07) is 6.81. The average Bonchev–Trinajstić information content (AvgIpc) is 3.18. The van der Waals surface area contributed by atoms with E-state index in [-0.39, 0.29) is 17.7 Å². The van der Waals surface area contributed by atoms with E-state index in [9.17, 15) is 9.59 Å². The lowest BCUT2D eigenvalue weighted by atomic mass is 9.95. The van der Waals surface area contributed by atoms with Crippen LogP contribution in [0.3, 0.4) is 0 Å². The molecule has 1 aromatic carbocycles. The molecule has 0 radical (unpaired) electrons. The summed E-state index contributed by atoms with van der Waals surface area (Å²) in [6.07, 6.45) is 8.76. The first-order chi connectivity index (χ1) is 11.5. The number of hydrogen-bond acceptors (Lipinski definition) is 3. The minimum absolute atomic E-state index is 0.0447. The molecular weight excluding hydrogens is 302 g/mol. The second-order valence-electron chi connectivity index (χ2n) is 6.88. The van der Waals surface area contributed by atoms with Gasteiger partial charge >= 0.3 is 0 Å². The van der Waals surface area contributed by atoms with E-state index >= 15 is 0 Å². The van der Waals surface area contributed by atoms with Gasteiger partial charge in [-0.15, -0.1) is 0 Å². The lowest BCUT2D eigenvalue weighted by molar-refractivity contribution is -0.118. The first-order valence-electron chi connectivity index (χ1n) is 8.45. The van der Waals surface area contributed by atoms with E-state index in [1.807, 2.05) is 20.1 Å². The Morgan fingerprint density at radius 2 is 1.92 bits per heavy atom. The molecule has 5 nitrogen and oxygen atoms in total. The van der Waals surface area contributed by atoms with E-state index in [2.05, 4.69) is 28.0 Å². The smallest absolute Gasteiger partial charge is 0.271 e. The summed E-state index contributed by atoms with van der Waals surface area (Å²) < 4.78 is 0. The summed E-state index contributed by atoms with van der Waals surface area (Å²) >= 11 is 0. The average molecular weight is 325 g/mol. The molecule has 1 fully saturated rings. The molecule has 1 saturated carbocycles. The highest BCUT2D eigenvalue weighted by molar-refractivity contribution is 5.96. The summed E-state index contributed by atoms with van der Waals surface area (Å²) in [7, 11) is 0. The molecule has 0 aromatic heterocycles. The second kappa shape index (κ2) is 6.99. The van der Waals surface area contributed by atoms with Gasteiger partial charge in [0.05, 0.1) is 0 Å². The highest BCUT2D eigenvalue weighted by Gasteiger charge is 2.34. The van der Waals surface area contributed by atoms with Gasteiger partial charge in [-0.05, 0) is 48.9 Å². The Morgan fingerprint density at radius 3 is 2.50 bits per heavy atom. The number of allylic oxidation sites excluding steroid dienone is 2.